The third-order valence-corrected chi connectivity index (χ3v) is 3.85. The summed E-state index contributed by atoms with van der Waals surface area (Å²) in [6.07, 6.45) is 4.24. The number of pyridine rings is 1. The van der Waals surface area contributed by atoms with Crippen LogP contribution in [0.15, 0.2) is 36.5 Å². The van der Waals surface area contributed by atoms with Crippen molar-refractivity contribution in [3.63, 3.8) is 0 Å². The summed E-state index contributed by atoms with van der Waals surface area (Å²) >= 11 is 0. The van der Waals surface area contributed by atoms with Crippen molar-refractivity contribution < 1.29 is 0 Å². The first-order valence-corrected chi connectivity index (χ1v) is 7.19. The molecule has 0 amide bonds. The summed E-state index contributed by atoms with van der Waals surface area (Å²) in [5.74, 6) is 0. The molecule has 1 aliphatic rings. The SMILES string of the molecule is c1cnc2c(CCN3CCCNCC3)cccc2c1. The van der Waals surface area contributed by atoms with Crippen molar-refractivity contribution in [1.29, 1.82) is 0 Å². The monoisotopic (exact) mass is 255 g/mol. The Kier molecular flexibility index (Phi) is 4.06. The largest absolute Gasteiger partial charge is 0.315 e. The number of hydrogen-bond acceptors (Lipinski definition) is 3. The van der Waals surface area contributed by atoms with Crippen LogP contribution in [0.3, 0.4) is 0 Å². The minimum atomic E-state index is 1.09. The van der Waals surface area contributed by atoms with E-state index in [4.69, 9.17) is 0 Å². The second kappa shape index (κ2) is 6.13. The zero-order valence-corrected chi connectivity index (χ0v) is 11.3. The van der Waals surface area contributed by atoms with E-state index in [0.29, 0.717) is 0 Å². The summed E-state index contributed by atoms with van der Waals surface area (Å²) in [4.78, 5) is 7.09. The number of nitrogens with one attached hydrogen (secondary N) is 1. The molecule has 1 N–H and O–H groups in total. The molecule has 3 heteroatoms. The second-order valence-corrected chi connectivity index (χ2v) is 5.19. The van der Waals surface area contributed by atoms with Gasteiger partial charge in [0, 0.05) is 31.2 Å². The van der Waals surface area contributed by atoms with Crippen molar-refractivity contribution in [2.75, 3.05) is 32.7 Å². The molecule has 100 valence electrons. The molecule has 3 nitrogen and oxygen atoms in total. The predicted octanol–water partition coefficient (Wildman–Crippen LogP) is 2.07. The fourth-order valence-corrected chi connectivity index (χ4v) is 2.77. The van der Waals surface area contributed by atoms with Crippen molar-refractivity contribution in [3.8, 4) is 0 Å². The van der Waals surface area contributed by atoms with Gasteiger partial charge in [0.1, 0.15) is 0 Å². The number of rotatable bonds is 3. The van der Waals surface area contributed by atoms with Crippen LogP contribution in [0.1, 0.15) is 12.0 Å². The van der Waals surface area contributed by atoms with E-state index in [1.165, 1.54) is 23.9 Å². The van der Waals surface area contributed by atoms with Gasteiger partial charge in [-0.05, 0) is 37.6 Å². The van der Waals surface area contributed by atoms with E-state index in [1.54, 1.807) is 0 Å². The van der Waals surface area contributed by atoms with Crippen LogP contribution in [0.25, 0.3) is 10.9 Å². The molecule has 0 atom stereocenters. The Hall–Kier alpha value is -1.45. The van der Waals surface area contributed by atoms with Gasteiger partial charge in [0.25, 0.3) is 0 Å². The molecule has 1 aromatic carbocycles. The summed E-state index contributed by atoms with van der Waals surface area (Å²) in [7, 11) is 0. The zero-order valence-electron chi connectivity index (χ0n) is 11.3. The fourth-order valence-electron chi connectivity index (χ4n) is 2.77. The van der Waals surface area contributed by atoms with Crippen molar-refractivity contribution in [2.45, 2.75) is 12.8 Å². The number of fused-ring (bicyclic) bond motifs is 1. The van der Waals surface area contributed by atoms with Gasteiger partial charge in [-0.3, -0.25) is 4.98 Å². The molecule has 1 aromatic heterocycles. The molecule has 19 heavy (non-hydrogen) atoms. The van der Waals surface area contributed by atoms with E-state index < -0.39 is 0 Å². The summed E-state index contributed by atoms with van der Waals surface area (Å²) in [6, 6.07) is 10.6. The molecule has 1 fully saturated rings. The average Bonchev–Trinajstić information content (AvgIpc) is 2.74. The third-order valence-electron chi connectivity index (χ3n) is 3.85. The van der Waals surface area contributed by atoms with Crippen molar-refractivity contribution in [2.24, 2.45) is 0 Å². The Morgan fingerprint density at radius 1 is 1.11 bits per heavy atom. The second-order valence-electron chi connectivity index (χ2n) is 5.19. The molecule has 1 aliphatic heterocycles. The van der Waals surface area contributed by atoms with Gasteiger partial charge in [-0.25, -0.2) is 0 Å². The summed E-state index contributed by atoms with van der Waals surface area (Å²) < 4.78 is 0. The van der Waals surface area contributed by atoms with E-state index >= 15 is 0 Å². The first-order chi connectivity index (χ1) is 9.43. The summed E-state index contributed by atoms with van der Waals surface area (Å²) in [5, 5.41) is 4.70. The number of hydrogen-bond donors (Lipinski definition) is 1. The van der Waals surface area contributed by atoms with Crippen molar-refractivity contribution in [3.05, 3.63) is 42.1 Å². The smallest absolute Gasteiger partial charge is 0.0734 e. The average molecular weight is 255 g/mol. The maximum atomic E-state index is 4.53. The lowest BCUT2D eigenvalue weighted by Gasteiger charge is -2.19. The maximum absolute atomic E-state index is 4.53. The fraction of sp³-hybridized carbons (Fsp3) is 0.438. The number of aromatic nitrogens is 1. The quantitative estimate of drug-likeness (QED) is 0.910. The van der Waals surface area contributed by atoms with Crippen LogP contribution in [-0.4, -0.2) is 42.6 Å². The van der Waals surface area contributed by atoms with Gasteiger partial charge in [0.2, 0.25) is 0 Å². The van der Waals surface area contributed by atoms with E-state index in [9.17, 15) is 0 Å². The van der Waals surface area contributed by atoms with Gasteiger partial charge in [0.05, 0.1) is 5.52 Å². The Balaban J connectivity index is 1.71. The summed E-state index contributed by atoms with van der Waals surface area (Å²) in [6.45, 7) is 5.79. The molecule has 0 bridgehead atoms. The molecule has 0 unspecified atom stereocenters. The van der Waals surface area contributed by atoms with Crippen LogP contribution in [0.5, 0.6) is 0 Å². The molecular weight excluding hydrogens is 234 g/mol. The molecule has 0 spiro atoms. The highest BCUT2D eigenvalue weighted by Crippen LogP contribution is 2.16. The number of nitrogens with zero attached hydrogens (tertiary/aromatic N) is 2. The summed E-state index contributed by atoms with van der Waals surface area (Å²) in [5.41, 5.74) is 2.54. The van der Waals surface area contributed by atoms with E-state index in [0.717, 1.165) is 38.1 Å². The van der Waals surface area contributed by atoms with Crippen LogP contribution in [0.4, 0.5) is 0 Å². The van der Waals surface area contributed by atoms with E-state index in [1.807, 2.05) is 12.3 Å². The van der Waals surface area contributed by atoms with Crippen LogP contribution in [0.2, 0.25) is 0 Å². The van der Waals surface area contributed by atoms with Crippen molar-refractivity contribution in [1.82, 2.24) is 15.2 Å². The molecule has 1 saturated heterocycles. The third kappa shape index (κ3) is 3.11. The first kappa shape index (κ1) is 12.6. The van der Waals surface area contributed by atoms with Gasteiger partial charge < -0.3 is 10.2 Å². The molecule has 0 saturated carbocycles. The molecule has 2 aromatic rings. The Bertz CT molecular complexity index is 525. The molecule has 0 radical (unpaired) electrons. The highest BCUT2D eigenvalue weighted by molar-refractivity contribution is 5.81. The number of benzene rings is 1. The predicted molar refractivity (Wildman–Crippen MR) is 79.4 cm³/mol. The van der Waals surface area contributed by atoms with Crippen LogP contribution in [-0.2, 0) is 6.42 Å². The van der Waals surface area contributed by atoms with Crippen LogP contribution in [0, 0.1) is 0 Å². The molecule has 3 rings (SSSR count). The zero-order chi connectivity index (χ0) is 12.9. The van der Waals surface area contributed by atoms with E-state index in [2.05, 4.69) is 39.5 Å². The highest BCUT2D eigenvalue weighted by Gasteiger charge is 2.09. The van der Waals surface area contributed by atoms with Crippen LogP contribution < -0.4 is 5.32 Å². The van der Waals surface area contributed by atoms with Gasteiger partial charge in [-0.2, -0.15) is 0 Å². The lowest BCUT2D eigenvalue weighted by atomic mass is 10.1. The Morgan fingerprint density at radius 2 is 2.05 bits per heavy atom. The normalized spacial score (nSPS) is 17.5. The maximum Gasteiger partial charge on any atom is 0.0734 e. The first-order valence-electron chi connectivity index (χ1n) is 7.19. The number of para-hydroxylation sites is 1. The Labute approximate surface area is 114 Å². The highest BCUT2D eigenvalue weighted by atomic mass is 15.1. The van der Waals surface area contributed by atoms with Crippen LogP contribution >= 0.6 is 0 Å². The minimum Gasteiger partial charge on any atom is -0.315 e. The topological polar surface area (TPSA) is 28.2 Å². The van der Waals surface area contributed by atoms with Gasteiger partial charge in [0.15, 0.2) is 0 Å². The molecule has 2 heterocycles. The van der Waals surface area contributed by atoms with Crippen molar-refractivity contribution >= 4 is 10.9 Å². The van der Waals surface area contributed by atoms with Gasteiger partial charge in [-0.15, -0.1) is 0 Å². The Morgan fingerprint density at radius 3 is 3.05 bits per heavy atom. The minimum absolute atomic E-state index is 1.09. The lowest BCUT2D eigenvalue weighted by Crippen LogP contribution is -2.30. The molecular formula is C16H21N3. The van der Waals surface area contributed by atoms with Gasteiger partial charge in [-0.1, -0.05) is 24.3 Å². The molecule has 0 aliphatic carbocycles. The van der Waals surface area contributed by atoms with Gasteiger partial charge >= 0.3 is 0 Å². The lowest BCUT2D eigenvalue weighted by molar-refractivity contribution is 0.296. The van der Waals surface area contributed by atoms with E-state index in [-0.39, 0.29) is 0 Å². The standard InChI is InChI=1S/C16H21N3/c1-4-14-6-2-9-18-16(14)15(5-1)7-12-19-11-3-8-17-10-13-19/h1-2,4-6,9,17H,3,7-8,10-13H2.